The monoisotopic (exact) mass is 303 g/mol. The molecule has 0 spiro atoms. The van der Waals surface area contributed by atoms with Gasteiger partial charge in [0.2, 0.25) is 0 Å². The molecule has 0 aliphatic carbocycles. The van der Waals surface area contributed by atoms with Crippen molar-refractivity contribution in [3.63, 3.8) is 0 Å². The summed E-state index contributed by atoms with van der Waals surface area (Å²) in [5.74, 6) is 1.74. The summed E-state index contributed by atoms with van der Waals surface area (Å²) in [5.41, 5.74) is 2.26. The summed E-state index contributed by atoms with van der Waals surface area (Å²) in [6.07, 6.45) is 2.48. The number of hydrogen-bond acceptors (Lipinski definition) is 2. The molecule has 1 aromatic rings. The lowest BCUT2D eigenvalue weighted by Gasteiger charge is -2.33. The Hall–Kier alpha value is -1.15. The van der Waals surface area contributed by atoms with Gasteiger partial charge in [0, 0.05) is 18.0 Å². The first-order chi connectivity index (χ1) is 9.97. The Balaban J connectivity index is 0.00000242. The number of nitrogens with zero attached hydrogens (tertiary/aromatic N) is 1. The Labute approximate surface area is 136 Å². The van der Waals surface area contributed by atoms with E-state index in [2.05, 4.69) is 30.9 Å². The highest BCUT2D eigenvalue weighted by Gasteiger charge is 2.21. The first kappa shape index (κ1) is 18.9. The number of carbonyl (C=O) groups excluding carboxylic acids is 1. The Morgan fingerprint density at radius 3 is 2.09 bits per heavy atom. The molecule has 1 aromatic carbocycles. The highest BCUT2D eigenvalue weighted by Crippen LogP contribution is 2.28. The molecule has 1 saturated heterocycles. The normalized spacial score (nSPS) is 16.8. The maximum Gasteiger partial charge on any atom is 0.165 e. The van der Waals surface area contributed by atoms with Crippen LogP contribution in [0.1, 0.15) is 69.8 Å². The fourth-order valence-electron chi connectivity index (χ4n) is 3.22. The zero-order chi connectivity index (χ0) is 15.4. The van der Waals surface area contributed by atoms with E-state index >= 15 is 0 Å². The van der Waals surface area contributed by atoms with Gasteiger partial charge < -0.3 is 4.90 Å². The predicted molar refractivity (Wildman–Crippen MR) is 95.6 cm³/mol. The molecule has 2 heteroatoms. The van der Waals surface area contributed by atoms with Gasteiger partial charge in [0.15, 0.2) is 5.78 Å². The molecule has 1 fully saturated rings. The number of rotatable bonds is 5. The third kappa shape index (κ3) is 4.95. The number of benzene rings is 1. The van der Waals surface area contributed by atoms with Crippen molar-refractivity contribution >= 4 is 5.78 Å². The molecule has 1 aliphatic heterocycles. The van der Waals surface area contributed by atoms with E-state index < -0.39 is 0 Å². The van der Waals surface area contributed by atoms with Gasteiger partial charge in [-0.05, 0) is 43.3 Å². The van der Waals surface area contributed by atoms with Crippen LogP contribution in [0.15, 0.2) is 24.3 Å². The van der Waals surface area contributed by atoms with Gasteiger partial charge in [0.25, 0.3) is 0 Å². The molecule has 2 rings (SSSR count). The molecule has 0 radical (unpaired) electrons. The van der Waals surface area contributed by atoms with Crippen molar-refractivity contribution in [2.75, 3.05) is 19.6 Å². The van der Waals surface area contributed by atoms with Crippen molar-refractivity contribution in [3.8, 4) is 0 Å². The fraction of sp³-hybridized carbons (Fsp3) is 0.650. The van der Waals surface area contributed by atoms with Crippen molar-refractivity contribution in [2.24, 2.45) is 11.8 Å². The van der Waals surface area contributed by atoms with E-state index in [1.54, 1.807) is 0 Å². The molecular formula is C20H33NO. The van der Waals surface area contributed by atoms with Crippen molar-refractivity contribution < 1.29 is 4.79 Å². The van der Waals surface area contributed by atoms with Gasteiger partial charge in [-0.3, -0.25) is 4.79 Å². The molecule has 22 heavy (non-hydrogen) atoms. The molecule has 2 nitrogen and oxygen atoms in total. The summed E-state index contributed by atoms with van der Waals surface area (Å²) in [4.78, 5) is 14.6. The molecular weight excluding hydrogens is 270 g/mol. The minimum Gasteiger partial charge on any atom is -0.303 e. The van der Waals surface area contributed by atoms with E-state index in [0.717, 1.165) is 11.5 Å². The van der Waals surface area contributed by atoms with Crippen LogP contribution in [0.4, 0.5) is 0 Å². The van der Waals surface area contributed by atoms with E-state index in [0.29, 0.717) is 5.92 Å². The Morgan fingerprint density at radius 2 is 1.64 bits per heavy atom. The van der Waals surface area contributed by atoms with Gasteiger partial charge in [0.05, 0.1) is 0 Å². The summed E-state index contributed by atoms with van der Waals surface area (Å²) < 4.78 is 0. The summed E-state index contributed by atoms with van der Waals surface area (Å²) in [6.45, 7) is 12.1. The molecule has 0 aromatic heterocycles. The van der Waals surface area contributed by atoms with Crippen LogP contribution in [-0.2, 0) is 0 Å². The number of hydrogen-bond donors (Lipinski definition) is 0. The van der Waals surface area contributed by atoms with Crippen LogP contribution in [0, 0.1) is 11.8 Å². The first-order valence-electron chi connectivity index (χ1n) is 8.34. The number of carbonyl (C=O) groups is 1. The van der Waals surface area contributed by atoms with Crippen LogP contribution in [0.5, 0.6) is 0 Å². The minimum absolute atomic E-state index is 0. The fourth-order valence-corrected chi connectivity index (χ4v) is 3.22. The van der Waals surface area contributed by atoms with Gasteiger partial charge in [-0.15, -0.1) is 0 Å². The van der Waals surface area contributed by atoms with Gasteiger partial charge in [-0.25, -0.2) is 0 Å². The van der Waals surface area contributed by atoms with E-state index in [1.165, 1.54) is 38.0 Å². The highest BCUT2D eigenvalue weighted by molar-refractivity contribution is 5.97. The van der Waals surface area contributed by atoms with E-state index in [-0.39, 0.29) is 19.1 Å². The molecule has 124 valence electrons. The van der Waals surface area contributed by atoms with Gasteiger partial charge in [-0.2, -0.15) is 0 Å². The van der Waals surface area contributed by atoms with E-state index in [1.807, 2.05) is 26.0 Å². The van der Waals surface area contributed by atoms with Gasteiger partial charge in [-0.1, -0.05) is 59.4 Å². The van der Waals surface area contributed by atoms with Crippen LogP contribution >= 0.6 is 0 Å². The summed E-state index contributed by atoms with van der Waals surface area (Å²) in [6, 6.07) is 8.35. The van der Waals surface area contributed by atoms with Crippen molar-refractivity contribution in [2.45, 2.75) is 53.9 Å². The quantitative estimate of drug-likeness (QED) is 0.714. The Bertz CT molecular complexity index is 453. The number of likely N-dealkylation sites (tertiary alicyclic amines) is 1. The minimum atomic E-state index is 0. The third-order valence-electron chi connectivity index (χ3n) is 4.40. The second kappa shape index (κ2) is 8.47. The molecule has 0 bridgehead atoms. The molecule has 0 saturated carbocycles. The average Bonchev–Trinajstić information content (AvgIpc) is 2.47. The molecule has 0 amide bonds. The van der Waals surface area contributed by atoms with Crippen LogP contribution in [-0.4, -0.2) is 30.3 Å². The maximum atomic E-state index is 12.0. The number of Topliss-reactive ketones (excluding diaryl/α,β-unsaturated/α-hetero) is 1. The second-order valence-electron chi connectivity index (χ2n) is 7.11. The molecule has 1 heterocycles. The number of piperidine rings is 1. The first-order valence-corrected chi connectivity index (χ1v) is 8.34. The molecule has 0 atom stereocenters. The predicted octanol–water partition coefficient (Wildman–Crippen LogP) is 5.00. The lowest BCUT2D eigenvalue weighted by Crippen LogP contribution is -2.35. The third-order valence-corrected chi connectivity index (χ3v) is 4.40. The van der Waals surface area contributed by atoms with Crippen molar-refractivity contribution in [3.05, 3.63) is 35.4 Å². The van der Waals surface area contributed by atoms with Gasteiger partial charge >= 0.3 is 0 Å². The lowest BCUT2D eigenvalue weighted by atomic mass is 9.88. The van der Waals surface area contributed by atoms with E-state index in [9.17, 15) is 4.79 Å². The topological polar surface area (TPSA) is 20.3 Å². The summed E-state index contributed by atoms with van der Waals surface area (Å²) in [7, 11) is 0. The standard InChI is InChI=1S/C19H29NO.CH4/c1-14(2)13-20-11-9-17(10-12-20)16-5-7-18(8-6-16)19(21)15(3)4;/h5-8,14-15,17H,9-13H2,1-4H3;1H4. The average molecular weight is 303 g/mol. The highest BCUT2D eigenvalue weighted by atomic mass is 16.1. The SMILES string of the molecule is C.CC(C)CN1CCC(c2ccc(C(=O)C(C)C)cc2)CC1. The lowest BCUT2D eigenvalue weighted by molar-refractivity contribution is 0.0939. The van der Waals surface area contributed by atoms with Crippen LogP contribution in [0.3, 0.4) is 0 Å². The van der Waals surface area contributed by atoms with Gasteiger partial charge in [0.1, 0.15) is 0 Å². The molecule has 1 aliphatic rings. The zero-order valence-corrected chi connectivity index (χ0v) is 13.9. The number of ketones is 1. The Morgan fingerprint density at radius 1 is 1.09 bits per heavy atom. The maximum absolute atomic E-state index is 12.0. The van der Waals surface area contributed by atoms with Crippen molar-refractivity contribution in [1.29, 1.82) is 0 Å². The Kier molecular flexibility index (Phi) is 7.28. The van der Waals surface area contributed by atoms with Crippen LogP contribution in [0.2, 0.25) is 0 Å². The van der Waals surface area contributed by atoms with Crippen LogP contribution in [0.25, 0.3) is 0 Å². The smallest absolute Gasteiger partial charge is 0.165 e. The largest absolute Gasteiger partial charge is 0.303 e. The zero-order valence-electron chi connectivity index (χ0n) is 13.9. The van der Waals surface area contributed by atoms with E-state index in [4.69, 9.17) is 0 Å². The molecule has 0 unspecified atom stereocenters. The molecule has 0 N–H and O–H groups in total. The summed E-state index contributed by atoms with van der Waals surface area (Å²) >= 11 is 0. The summed E-state index contributed by atoms with van der Waals surface area (Å²) in [5, 5.41) is 0. The van der Waals surface area contributed by atoms with Crippen LogP contribution < -0.4 is 0 Å². The van der Waals surface area contributed by atoms with Crippen molar-refractivity contribution in [1.82, 2.24) is 4.90 Å². The second-order valence-corrected chi connectivity index (χ2v) is 7.11.